The Labute approximate surface area is 65.5 Å². The Hall–Kier alpha value is -1.30. The molecule has 0 spiro atoms. The van der Waals surface area contributed by atoms with Crippen LogP contribution in [0.1, 0.15) is 11.1 Å². The van der Waals surface area contributed by atoms with Crippen molar-refractivity contribution >= 4 is 10.8 Å². The molecule has 11 heavy (non-hydrogen) atoms. The summed E-state index contributed by atoms with van der Waals surface area (Å²) in [4.78, 5) is 0. The SMILES string of the molecule is [c]1cc2c(c3ccccc13)C2. The highest BCUT2D eigenvalue weighted by molar-refractivity contribution is 5.90. The molecule has 3 rings (SSSR count). The molecule has 0 N–H and O–H groups in total. The van der Waals surface area contributed by atoms with Crippen LogP contribution in [0.5, 0.6) is 0 Å². The number of rotatable bonds is 0. The number of hydrogen-bond donors (Lipinski definition) is 0. The third kappa shape index (κ3) is 0.640. The monoisotopic (exact) mass is 139 g/mol. The molecule has 1 aliphatic carbocycles. The minimum Gasteiger partial charge on any atom is -0.0616 e. The van der Waals surface area contributed by atoms with Crippen LogP contribution in [0.2, 0.25) is 0 Å². The molecular weight excluding hydrogens is 132 g/mol. The van der Waals surface area contributed by atoms with Gasteiger partial charge in [0, 0.05) is 0 Å². The number of benzene rings is 2. The zero-order chi connectivity index (χ0) is 7.26. The Balaban J connectivity index is 2.56. The third-order valence-electron chi connectivity index (χ3n) is 2.28. The van der Waals surface area contributed by atoms with Crippen molar-refractivity contribution in [1.29, 1.82) is 0 Å². The van der Waals surface area contributed by atoms with Gasteiger partial charge in [-0.3, -0.25) is 0 Å². The molecule has 0 aromatic heterocycles. The van der Waals surface area contributed by atoms with Crippen LogP contribution in [0, 0.1) is 6.07 Å². The number of hydrogen-bond acceptors (Lipinski definition) is 0. The van der Waals surface area contributed by atoms with Crippen molar-refractivity contribution in [2.45, 2.75) is 6.42 Å². The molecule has 0 amide bonds. The zero-order valence-corrected chi connectivity index (χ0v) is 6.09. The standard InChI is InChI=1S/C11H7/c1-2-4-10-8(3-1)5-6-9-7-11(9)10/h1-4,6H,7H2. The summed E-state index contributed by atoms with van der Waals surface area (Å²) in [7, 11) is 0. The highest BCUT2D eigenvalue weighted by Gasteiger charge is 2.18. The first kappa shape index (κ1) is 5.36. The van der Waals surface area contributed by atoms with Crippen LogP contribution in [-0.2, 0) is 6.42 Å². The smallest absolute Gasteiger partial charge is 0.00135 e. The van der Waals surface area contributed by atoms with Crippen LogP contribution < -0.4 is 0 Å². The van der Waals surface area contributed by atoms with E-state index in [1.807, 2.05) is 0 Å². The molecule has 0 heteroatoms. The first-order valence-corrected chi connectivity index (χ1v) is 3.86. The van der Waals surface area contributed by atoms with Crippen LogP contribution in [0.15, 0.2) is 30.3 Å². The normalized spacial score (nSPS) is 13.1. The Kier molecular flexibility index (Phi) is 0.803. The molecule has 0 aliphatic heterocycles. The maximum absolute atomic E-state index is 3.27. The lowest BCUT2D eigenvalue weighted by Gasteiger charge is -1.91. The van der Waals surface area contributed by atoms with Gasteiger partial charge in [0.05, 0.1) is 0 Å². The molecule has 1 radical (unpaired) electrons. The average molecular weight is 139 g/mol. The van der Waals surface area contributed by atoms with Crippen LogP contribution in [-0.4, -0.2) is 0 Å². The largest absolute Gasteiger partial charge is 0.0616 e. The van der Waals surface area contributed by atoms with Gasteiger partial charge in [0.25, 0.3) is 0 Å². The summed E-state index contributed by atoms with van der Waals surface area (Å²) in [5.41, 5.74) is 3.00. The highest BCUT2D eigenvalue weighted by Crippen LogP contribution is 2.34. The van der Waals surface area contributed by atoms with Crippen LogP contribution >= 0.6 is 0 Å². The van der Waals surface area contributed by atoms with Crippen LogP contribution in [0.4, 0.5) is 0 Å². The molecule has 0 bridgehead atoms. The lowest BCUT2D eigenvalue weighted by Crippen LogP contribution is -1.68. The van der Waals surface area contributed by atoms with E-state index in [0.717, 1.165) is 0 Å². The van der Waals surface area contributed by atoms with Crippen molar-refractivity contribution in [3.05, 3.63) is 47.5 Å². The predicted molar refractivity (Wildman–Crippen MR) is 45.6 cm³/mol. The summed E-state index contributed by atoms with van der Waals surface area (Å²) < 4.78 is 0. The molecule has 0 saturated heterocycles. The molecule has 2 aromatic carbocycles. The van der Waals surface area contributed by atoms with Gasteiger partial charge in [-0.2, -0.15) is 0 Å². The van der Waals surface area contributed by atoms with Crippen molar-refractivity contribution < 1.29 is 0 Å². The number of fused-ring (bicyclic) bond motifs is 3. The molecule has 0 nitrogen and oxygen atoms in total. The fourth-order valence-corrected chi connectivity index (χ4v) is 1.59. The Morgan fingerprint density at radius 3 is 3.09 bits per heavy atom. The first-order chi connectivity index (χ1) is 5.45. The quantitative estimate of drug-likeness (QED) is 0.449. The van der Waals surface area contributed by atoms with E-state index >= 15 is 0 Å². The average Bonchev–Trinajstić information content (AvgIpc) is 2.83. The van der Waals surface area contributed by atoms with E-state index in [-0.39, 0.29) is 0 Å². The minimum atomic E-state index is 1.18. The van der Waals surface area contributed by atoms with Gasteiger partial charge in [-0.15, -0.1) is 0 Å². The lowest BCUT2D eigenvalue weighted by atomic mass is 10.1. The van der Waals surface area contributed by atoms with Gasteiger partial charge in [-0.1, -0.05) is 24.3 Å². The highest BCUT2D eigenvalue weighted by atomic mass is 14.2. The van der Waals surface area contributed by atoms with E-state index in [1.54, 1.807) is 0 Å². The van der Waals surface area contributed by atoms with E-state index in [1.165, 1.54) is 28.3 Å². The van der Waals surface area contributed by atoms with E-state index in [4.69, 9.17) is 0 Å². The van der Waals surface area contributed by atoms with E-state index in [9.17, 15) is 0 Å². The molecule has 2 aromatic rings. The van der Waals surface area contributed by atoms with Crippen LogP contribution in [0.25, 0.3) is 10.8 Å². The molecular formula is C11H7. The van der Waals surface area contributed by atoms with Gasteiger partial charge in [0.2, 0.25) is 0 Å². The van der Waals surface area contributed by atoms with Gasteiger partial charge in [-0.05, 0) is 40.5 Å². The molecule has 51 valence electrons. The van der Waals surface area contributed by atoms with Gasteiger partial charge in [0.1, 0.15) is 0 Å². The summed E-state index contributed by atoms with van der Waals surface area (Å²) in [6.07, 6.45) is 1.18. The minimum absolute atomic E-state index is 1.18. The Morgan fingerprint density at radius 2 is 2.09 bits per heavy atom. The lowest BCUT2D eigenvalue weighted by molar-refractivity contribution is 1.62. The van der Waals surface area contributed by atoms with E-state index in [2.05, 4.69) is 36.4 Å². The second kappa shape index (κ2) is 1.65. The summed E-state index contributed by atoms with van der Waals surface area (Å²) in [5.74, 6) is 0. The summed E-state index contributed by atoms with van der Waals surface area (Å²) in [6, 6.07) is 13.8. The van der Waals surface area contributed by atoms with Gasteiger partial charge < -0.3 is 0 Å². The fourth-order valence-electron chi connectivity index (χ4n) is 1.59. The third-order valence-corrected chi connectivity index (χ3v) is 2.28. The van der Waals surface area contributed by atoms with Crippen molar-refractivity contribution in [1.82, 2.24) is 0 Å². The van der Waals surface area contributed by atoms with Gasteiger partial charge in [-0.25, -0.2) is 0 Å². The molecule has 0 atom stereocenters. The second-order valence-electron chi connectivity index (χ2n) is 3.01. The van der Waals surface area contributed by atoms with E-state index < -0.39 is 0 Å². The predicted octanol–water partition coefficient (Wildman–Crippen LogP) is 2.54. The van der Waals surface area contributed by atoms with E-state index in [0.29, 0.717) is 0 Å². The molecule has 0 fully saturated rings. The topological polar surface area (TPSA) is 0 Å². The maximum atomic E-state index is 3.27. The molecule has 1 aliphatic rings. The zero-order valence-electron chi connectivity index (χ0n) is 6.09. The fraction of sp³-hybridized carbons (Fsp3) is 0.0909. The molecule has 0 unspecified atom stereocenters. The van der Waals surface area contributed by atoms with Crippen molar-refractivity contribution in [3.8, 4) is 0 Å². The van der Waals surface area contributed by atoms with Crippen molar-refractivity contribution in [2.75, 3.05) is 0 Å². The summed E-state index contributed by atoms with van der Waals surface area (Å²) in [6.45, 7) is 0. The van der Waals surface area contributed by atoms with Gasteiger partial charge >= 0.3 is 0 Å². The molecule has 0 heterocycles. The Bertz CT molecular complexity index is 427. The van der Waals surface area contributed by atoms with Crippen LogP contribution in [0.3, 0.4) is 0 Å². The maximum Gasteiger partial charge on any atom is -0.00135 e. The van der Waals surface area contributed by atoms with Crippen molar-refractivity contribution in [2.24, 2.45) is 0 Å². The molecule has 0 saturated carbocycles. The Morgan fingerprint density at radius 1 is 1.18 bits per heavy atom. The summed E-state index contributed by atoms with van der Waals surface area (Å²) in [5, 5.41) is 2.65. The first-order valence-electron chi connectivity index (χ1n) is 3.86. The summed E-state index contributed by atoms with van der Waals surface area (Å²) >= 11 is 0. The second-order valence-corrected chi connectivity index (χ2v) is 3.01. The van der Waals surface area contributed by atoms with Crippen molar-refractivity contribution in [3.63, 3.8) is 0 Å². The van der Waals surface area contributed by atoms with Gasteiger partial charge in [0.15, 0.2) is 0 Å².